The predicted octanol–water partition coefficient (Wildman–Crippen LogP) is 4.70. The van der Waals surface area contributed by atoms with Crippen molar-refractivity contribution in [1.82, 2.24) is 19.1 Å². The minimum absolute atomic E-state index is 0.0458. The fraction of sp³-hybridized carbons (Fsp3) is 0.222. The second-order valence-electron chi connectivity index (χ2n) is 8.56. The van der Waals surface area contributed by atoms with Gasteiger partial charge in [-0.3, -0.25) is 9.36 Å². The molecule has 4 aromatic rings. The molecule has 1 saturated heterocycles. The van der Waals surface area contributed by atoms with Crippen LogP contribution in [0.3, 0.4) is 0 Å². The topological polar surface area (TPSA) is 94.4 Å². The molecule has 37 heavy (non-hydrogen) atoms. The van der Waals surface area contributed by atoms with Crippen LogP contribution in [0.5, 0.6) is 5.75 Å². The average Bonchev–Trinajstić information content (AvgIpc) is 3.63. The van der Waals surface area contributed by atoms with Gasteiger partial charge >= 0.3 is 0 Å². The van der Waals surface area contributed by atoms with E-state index < -0.39 is 10.0 Å². The highest BCUT2D eigenvalue weighted by molar-refractivity contribution is 7.99. The summed E-state index contributed by atoms with van der Waals surface area (Å²) in [4.78, 5) is 13.1. The second kappa shape index (κ2) is 10.9. The van der Waals surface area contributed by atoms with Crippen molar-refractivity contribution in [3.63, 3.8) is 0 Å². The first kappa shape index (κ1) is 25.2. The molecule has 1 aliphatic heterocycles. The number of sulfonamides is 1. The summed E-state index contributed by atoms with van der Waals surface area (Å²) in [6, 6.07) is 23.4. The lowest BCUT2D eigenvalue weighted by atomic mass is 10.1. The molecule has 10 heteroatoms. The Labute approximate surface area is 220 Å². The summed E-state index contributed by atoms with van der Waals surface area (Å²) in [5.74, 6) is 1.31. The lowest BCUT2D eigenvalue weighted by Gasteiger charge is -2.16. The number of para-hydroxylation sites is 1. The Morgan fingerprint density at radius 3 is 2.38 bits per heavy atom. The van der Waals surface area contributed by atoms with E-state index in [2.05, 4.69) is 10.2 Å². The Kier molecular flexibility index (Phi) is 7.40. The molecule has 0 spiro atoms. The van der Waals surface area contributed by atoms with Gasteiger partial charge in [-0.25, -0.2) is 8.42 Å². The molecule has 3 aromatic carbocycles. The monoisotopic (exact) mass is 534 g/mol. The summed E-state index contributed by atoms with van der Waals surface area (Å²) in [7, 11) is -2.00. The number of hydrogen-bond acceptors (Lipinski definition) is 7. The Balaban J connectivity index is 1.47. The summed E-state index contributed by atoms with van der Waals surface area (Å²) in [5, 5.41) is 9.33. The summed E-state index contributed by atoms with van der Waals surface area (Å²) < 4.78 is 34.9. The zero-order valence-electron chi connectivity index (χ0n) is 20.3. The minimum atomic E-state index is -3.58. The van der Waals surface area contributed by atoms with Crippen molar-refractivity contribution < 1.29 is 17.9 Å². The van der Waals surface area contributed by atoms with E-state index >= 15 is 0 Å². The maximum atomic E-state index is 13.2. The smallest absolute Gasteiger partial charge is 0.243 e. The average molecular weight is 535 g/mol. The van der Waals surface area contributed by atoms with E-state index in [1.54, 1.807) is 49.6 Å². The number of hydrogen-bond donors (Lipinski definition) is 0. The van der Waals surface area contributed by atoms with Crippen molar-refractivity contribution in [2.45, 2.75) is 22.9 Å². The SMILES string of the molecule is COc1ccc(C(=O)CSc2nnc(-c3cccc(S(=O)(=O)N4CCCC4)c3)n2-c2ccccc2)cc1. The van der Waals surface area contributed by atoms with Crippen LogP contribution in [-0.2, 0) is 10.0 Å². The molecule has 0 saturated carbocycles. The number of nitrogens with zero attached hydrogens (tertiary/aromatic N) is 4. The molecule has 8 nitrogen and oxygen atoms in total. The number of ketones is 1. The van der Waals surface area contributed by atoms with Crippen LogP contribution in [0.1, 0.15) is 23.2 Å². The van der Waals surface area contributed by atoms with Gasteiger partial charge in [0.1, 0.15) is 5.75 Å². The quantitative estimate of drug-likeness (QED) is 0.227. The van der Waals surface area contributed by atoms with Crippen LogP contribution in [0.4, 0.5) is 0 Å². The molecule has 0 amide bonds. The number of aromatic nitrogens is 3. The molecule has 0 radical (unpaired) electrons. The van der Waals surface area contributed by atoms with Crippen LogP contribution in [-0.4, -0.2) is 59.2 Å². The maximum absolute atomic E-state index is 13.2. The number of carbonyl (C=O) groups excluding carboxylic acids is 1. The standard InChI is InChI=1S/C27H26N4O4S2/c1-35-23-14-12-20(13-15-23)25(32)19-36-27-29-28-26(31(27)22-9-3-2-4-10-22)21-8-7-11-24(18-21)37(33,34)30-16-5-6-17-30/h2-4,7-15,18H,5-6,16-17,19H2,1H3. The van der Waals surface area contributed by atoms with Gasteiger partial charge in [0.25, 0.3) is 0 Å². The van der Waals surface area contributed by atoms with Crippen molar-refractivity contribution in [3.05, 3.63) is 84.4 Å². The highest BCUT2D eigenvalue weighted by Crippen LogP contribution is 2.31. The normalized spacial score (nSPS) is 14.1. The van der Waals surface area contributed by atoms with Gasteiger partial charge in [0.2, 0.25) is 10.0 Å². The zero-order chi connectivity index (χ0) is 25.8. The van der Waals surface area contributed by atoms with Crippen molar-refractivity contribution in [3.8, 4) is 22.8 Å². The van der Waals surface area contributed by atoms with Gasteiger partial charge in [0.05, 0.1) is 17.8 Å². The van der Waals surface area contributed by atoms with Crippen LogP contribution in [0, 0.1) is 0 Å². The van der Waals surface area contributed by atoms with E-state index in [1.807, 2.05) is 41.0 Å². The molecular weight excluding hydrogens is 508 g/mol. The lowest BCUT2D eigenvalue weighted by Crippen LogP contribution is -2.27. The number of methoxy groups -OCH3 is 1. The fourth-order valence-corrected chi connectivity index (χ4v) is 6.63. The van der Waals surface area contributed by atoms with Gasteiger partial charge in [-0.2, -0.15) is 4.31 Å². The van der Waals surface area contributed by atoms with Crippen molar-refractivity contribution in [2.75, 3.05) is 26.0 Å². The van der Waals surface area contributed by atoms with Crippen LogP contribution in [0.15, 0.2) is 88.9 Å². The van der Waals surface area contributed by atoms with Crippen LogP contribution < -0.4 is 4.74 Å². The highest BCUT2D eigenvalue weighted by atomic mass is 32.2. The van der Waals surface area contributed by atoms with Crippen LogP contribution in [0.25, 0.3) is 17.1 Å². The van der Waals surface area contributed by atoms with E-state index in [4.69, 9.17) is 4.74 Å². The van der Waals surface area contributed by atoms with Gasteiger partial charge in [0.15, 0.2) is 16.8 Å². The van der Waals surface area contributed by atoms with E-state index in [0.717, 1.165) is 18.5 Å². The molecule has 1 aliphatic rings. The van der Waals surface area contributed by atoms with Gasteiger partial charge < -0.3 is 4.74 Å². The molecule has 5 rings (SSSR count). The molecule has 0 unspecified atom stereocenters. The first-order valence-corrected chi connectivity index (χ1v) is 14.3. The zero-order valence-corrected chi connectivity index (χ0v) is 21.9. The van der Waals surface area contributed by atoms with Crippen LogP contribution >= 0.6 is 11.8 Å². The largest absolute Gasteiger partial charge is 0.497 e. The summed E-state index contributed by atoms with van der Waals surface area (Å²) in [6.07, 6.45) is 1.74. The number of rotatable bonds is 9. The molecule has 0 atom stereocenters. The van der Waals surface area contributed by atoms with Crippen molar-refractivity contribution >= 4 is 27.6 Å². The summed E-state index contributed by atoms with van der Waals surface area (Å²) >= 11 is 1.28. The van der Waals surface area contributed by atoms with Gasteiger partial charge in [-0.15, -0.1) is 10.2 Å². The maximum Gasteiger partial charge on any atom is 0.243 e. The first-order chi connectivity index (χ1) is 18.0. The van der Waals surface area contributed by atoms with E-state index in [-0.39, 0.29) is 16.4 Å². The Morgan fingerprint density at radius 2 is 1.68 bits per heavy atom. The summed E-state index contributed by atoms with van der Waals surface area (Å²) in [6.45, 7) is 1.07. The number of carbonyl (C=O) groups is 1. The van der Waals surface area contributed by atoms with Gasteiger partial charge in [-0.05, 0) is 61.4 Å². The Hall–Kier alpha value is -3.47. The molecular formula is C27H26N4O4S2. The number of Topliss-reactive ketones (excluding diaryl/α,β-unsaturated/α-hetero) is 1. The van der Waals surface area contributed by atoms with Crippen molar-refractivity contribution in [1.29, 1.82) is 0 Å². The van der Waals surface area contributed by atoms with Crippen LogP contribution in [0.2, 0.25) is 0 Å². The third-order valence-electron chi connectivity index (χ3n) is 6.19. The molecule has 1 fully saturated rings. The number of benzene rings is 3. The number of ether oxygens (including phenoxy) is 1. The highest BCUT2D eigenvalue weighted by Gasteiger charge is 2.28. The van der Waals surface area contributed by atoms with Gasteiger partial charge in [0, 0.05) is 29.9 Å². The number of thioether (sulfide) groups is 1. The van der Waals surface area contributed by atoms with E-state index in [1.165, 1.54) is 16.1 Å². The Bertz CT molecular complexity index is 1500. The van der Waals surface area contributed by atoms with E-state index in [9.17, 15) is 13.2 Å². The van der Waals surface area contributed by atoms with Crippen molar-refractivity contribution in [2.24, 2.45) is 0 Å². The molecule has 0 bridgehead atoms. The lowest BCUT2D eigenvalue weighted by molar-refractivity contribution is 0.102. The minimum Gasteiger partial charge on any atom is -0.497 e. The third kappa shape index (κ3) is 5.31. The van der Waals surface area contributed by atoms with E-state index in [0.29, 0.717) is 40.9 Å². The molecule has 2 heterocycles. The molecule has 190 valence electrons. The summed E-state index contributed by atoms with van der Waals surface area (Å²) in [5.41, 5.74) is 2.03. The second-order valence-corrected chi connectivity index (χ2v) is 11.4. The predicted molar refractivity (Wildman–Crippen MR) is 143 cm³/mol. The molecule has 0 N–H and O–H groups in total. The third-order valence-corrected chi connectivity index (χ3v) is 9.01. The fourth-order valence-electron chi connectivity index (χ4n) is 4.22. The van der Waals surface area contributed by atoms with Gasteiger partial charge in [-0.1, -0.05) is 42.1 Å². The molecule has 0 aliphatic carbocycles. The molecule has 1 aromatic heterocycles. The first-order valence-electron chi connectivity index (χ1n) is 11.9. The Morgan fingerprint density at radius 1 is 0.946 bits per heavy atom.